The van der Waals surface area contributed by atoms with Crippen LogP contribution in [0.5, 0.6) is 0 Å². The molecular formula is C40H39IrN5Si-2. The van der Waals surface area contributed by atoms with E-state index in [0.717, 1.165) is 40.7 Å². The van der Waals surface area contributed by atoms with Gasteiger partial charge in [-0.3, -0.25) is 4.98 Å². The van der Waals surface area contributed by atoms with Gasteiger partial charge in [-0.15, -0.1) is 35.4 Å². The summed E-state index contributed by atoms with van der Waals surface area (Å²) in [5.41, 5.74) is 9.11. The monoisotopic (exact) mass is 810 g/mol. The standard InChI is InChI=1S/C25H21N4.C15H18NSi.Ir/c1-15-14-28-24-22-17(10-11-26-24)13-18(12-16-6-2-3-7-16)21-19-8-4-5-9-20(19)29(23(21)22)25(28)27-15;1-12-5-7-13(8-6-12)15-10-9-14(11-16-15)17(2,3)4;/h4-5,8-11,13,16H,2-3,6-7,12H2,1H3;5-7,9-11H,1-4H3;/q2*-1;. The Kier molecular flexibility index (Phi) is 8.28. The number of aromatic nitrogens is 5. The van der Waals surface area contributed by atoms with Crippen molar-refractivity contribution in [2.24, 2.45) is 5.92 Å². The van der Waals surface area contributed by atoms with Crippen molar-refractivity contribution in [3.63, 3.8) is 0 Å². The molecule has 1 fully saturated rings. The Morgan fingerprint density at radius 1 is 0.915 bits per heavy atom. The summed E-state index contributed by atoms with van der Waals surface area (Å²) in [6, 6.07) is 27.1. The van der Waals surface area contributed by atoms with E-state index in [-0.39, 0.29) is 20.1 Å². The number of aryl methyl sites for hydroxylation is 2. The average molecular weight is 810 g/mol. The molecule has 0 atom stereocenters. The smallest absolute Gasteiger partial charge is 0.106 e. The summed E-state index contributed by atoms with van der Waals surface area (Å²) < 4.78 is 4.37. The molecule has 0 amide bonds. The molecule has 1 radical (unpaired) electrons. The number of para-hydroxylation sites is 1. The summed E-state index contributed by atoms with van der Waals surface area (Å²) in [6.45, 7) is 11.1. The van der Waals surface area contributed by atoms with Gasteiger partial charge in [0.1, 0.15) is 5.78 Å². The predicted molar refractivity (Wildman–Crippen MR) is 193 cm³/mol. The maximum atomic E-state index is 4.85. The van der Waals surface area contributed by atoms with Gasteiger partial charge in [-0.05, 0) is 64.3 Å². The van der Waals surface area contributed by atoms with Gasteiger partial charge in [0, 0.05) is 60.0 Å². The minimum absolute atomic E-state index is 0. The first-order valence-electron chi connectivity index (χ1n) is 16.5. The number of fused-ring (bicyclic) bond motifs is 6. The third kappa shape index (κ3) is 5.58. The molecule has 1 saturated carbocycles. The van der Waals surface area contributed by atoms with E-state index in [0.29, 0.717) is 0 Å². The first kappa shape index (κ1) is 31.7. The van der Waals surface area contributed by atoms with Crippen LogP contribution in [0.1, 0.15) is 42.5 Å². The van der Waals surface area contributed by atoms with Crippen LogP contribution in [0.25, 0.3) is 55.3 Å². The van der Waals surface area contributed by atoms with E-state index < -0.39 is 8.07 Å². The molecular weight excluding hydrogens is 771 g/mol. The summed E-state index contributed by atoms with van der Waals surface area (Å²) in [4.78, 5) is 14.2. The summed E-state index contributed by atoms with van der Waals surface area (Å²) in [5, 5.41) is 6.59. The van der Waals surface area contributed by atoms with Crippen molar-refractivity contribution >= 4 is 57.3 Å². The minimum atomic E-state index is -1.24. The van der Waals surface area contributed by atoms with E-state index in [1.807, 2.05) is 29.8 Å². The van der Waals surface area contributed by atoms with E-state index >= 15 is 0 Å². The second-order valence-electron chi connectivity index (χ2n) is 14.1. The van der Waals surface area contributed by atoms with Gasteiger partial charge in [0.2, 0.25) is 0 Å². The molecule has 0 aliphatic heterocycles. The molecule has 0 bridgehead atoms. The zero-order chi connectivity index (χ0) is 31.6. The van der Waals surface area contributed by atoms with Crippen LogP contribution in [-0.2, 0) is 26.5 Å². The Morgan fingerprint density at radius 2 is 1.72 bits per heavy atom. The van der Waals surface area contributed by atoms with Crippen molar-refractivity contribution in [3.8, 4) is 11.3 Å². The Morgan fingerprint density at radius 3 is 2.45 bits per heavy atom. The molecule has 8 aromatic rings. The quantitative estimate of drug-likeness (QED) is 0.132. The fraction of sp³-hybridized carbons (Fsp3) is 0.275. The van der Waals surface area contributed by atoms with Crippen molar-refractivity contribution in [2.45, 2.75) is 65.6 Å². The van der Waals surface area contributed by atoms with Crippen molar-refractivity contribution in [1.29, 1.82) is 0 Å². The van der Waals surface area contributed by atoms with Crippen LogP contribution < -0.4 is 5.19 Å². The number of hydrogen-bond donors (Lipinski definition) is 0. The molecule has 5 heterocycles. The molecule has 7 heteroatoms. The van der Waals surface area contributed by atoms with Crippen molar-refractivity contribution in [3.05, 3.63) is 108 Å². The van der Waals surface area contributed by atoms with Gasteiger partial charge in [-0.1, -0.05) is 94.8 Å². The summed E-state index contributed by atoms with van der Waals surface area (Å²) >= 11 is 0. The summed E-state index contributed by atoms with van der Waals surface area (Å²) in [7, 11) is -1.24. The van der Waals surface area contributed by atoms with E-state index in [1.54, 1.807) is 0 Å². The summed E-state index contributed by atoms with van der Waals surface area (Å²) in [5.74, 6) is 1.71. The Labute approximate surface area is 290 Å². The van der Waals surface area contributed by atoms with E-state index in [4.69, 9.17) is 9.97 Å². The normalized spacial score (nSPS) is 14.0. The van der Waals surface area contributed by atoms with Gasteiger partial charge in [0.25, 0.3) is 0 Å². The number of pyridine rings is 2. The number of rotatable bonds is 4. The van der Waals surface area contributed by atoms with Gasteiger partial charge in [-0.25, -0.2) is 0 Å². The average Bonchev–Trinajstić information content (AvgIpc) is 3.79. The SMILES string of the molecule is Cc1[c-]n2c3nccc4cc(CC5CCCC5)c5c6ccccc6n(c5c43)c2n1.Cc1c[c-]c(-c2ccc([Si](C)(C)C)cn2)cc1.[Ir]. The maximum absolute atomic E-state index is 4.85. The Balaban J connectivity index is 0.000000169. The van der Waals surface area contributed by atoms with Gasteiger partial charge in [0.05, 0.1) is 8.07 Å². The van der Waals surface area contributed by atoms with Crippen LogP contribution in [-0.4, -0.2) is 31.8 Å². The zero-order valence-electron chi connectivity index (χ0n) is 27.7. The van der Waals surface area contributed by atoms with E-state index in [2.05, 4.69) is 109 Å². The molecule has 1 aliphatic carbocycles. The second-order valence-corrected chi connectivity index (χ2v) is 19.2. The van der Waals surface area contributed by atoms with Gasteiger partial charge in [0.15, 0.2) is 0 Å². The Hall–Kier alpha value is -3.90. The molecule has 9 rings (SSSR count). The van der Waals surface area contributed by atoms with E-state index in [1.165, 1.54) is 74.6 Å². The molecule has 47 heavy (non-hydrogen) atoms. The van der Waals surface area contributed by atoms with Crippen LogP contribution in [0, 0.1) is 32.0 Å². The molecule has 5 nitrogen and oxygen atoms in total. The molecule has 5 aromatic heterocycles. The van der Waals surface area contributed by atoms with Crippen molar-refractivity contribution in [1.82, 2.24) is 23.8 Å². The molecule has 0 unspecified atom stereocenters. The third-order valence-corrected chi connectivity index (χ3v) is 11.8. The first-order chi connectivity index (χ1) is 22.3. The van der Waals surface area contributed by atoms with Crippen molar-refractivity contribution in [2.75, 3.05) is 0 Å². The predicted octanol–water partition coefficient (Wildman–Crippen LogP) is 9.12. The molecule has 3 aromatic carbocycles. The van der Waals surface area contributed by atoms with Crippen LogP contribution in [0.4, 0.5) is 0 Å². The Bertz CT molecular complexity index is 2340. The number of nitrogens with zero attached hydrogens (tertiary/aromatic N) is 5. The topological polar surface area (TPSA) is 47.5 Å². The van der Waals surface area contributed by atoms with Crippen LogP contribution in [0.2, 0.25) is 19.6 Å². The minimum Gasteiger partial charge on any atom is -0.432 e. The van der Waals surface area contributed by atoms with Gasteiger partial charge >= 0.3 is 0 Å². The number of hydrogen-bond acceptors (Lipinski definition) is 3. The first-order valence-corrected chi connectivity index (χ1v) is 20.0. The van der Waals surface area contributed by atoms with Crippen LogP contribution in [0.3, 0.4) is 0 Å². The van der Waals surface area contributed by atoms with Crippen molar-refractivity contribution < 1.29 is 20.1 Å². The van der Waals surface area contributed by atoms with Crippen LogP contribution >= 0.6 is 0 Å². The number of benzene rings is 3. The summed E-state index contributed by atoms with van der Waals surface area (Å²) in [6.07, 6.45) is 14.0. The fourth-order valence-corrected chi connectivity index (χ4v) is 8.38. The second kappa shape index (κ2) is 12.3. The van der Waals surface area contributed by atoms with Crippen LogP contribution in [0.15, 0.2) is 79.1 Å². The molecule has 0 saturated heterocycles. The molecule has 0 spiro atoms. The zero-order valence-corrected chi connectivity index (χ0v) is 31.1. The number of imidazole rings is 1. The van der Waals surface area contributed by atoms with E-state index in [9.17, 15) is 0 Å². The molecule has 0 N–H and O–H groups in total. The largest absolute Gasteiger partial charge is 0.432 e. The van der Waals surface area contributed by atoms with Gasteiger partial charge < -0.3 is 18.8 Å². The molecule has 1 aliphatic rings. The maximum Gasteiger partial charge on any atom is 0.106 e. The fourth-order valence-electron chi connectivity index (χ4n) is 7.35. The third-order valence-electron chi connectivity index (χ3n) is 9.74. The molecule has 239 valence electrons. The van der Waals surface area contributed by atoms with Gasteiger partial charge in [-0.2, -0.15) is 0 Å².